The molecule has 3 aliphatic rings. The number of likely N-dealkylation sites (tertiary alicyclic amines) is 2. The molecule has 4 rings (SSSR count). The van der Waals surface area contributed by atoms with Gasteiger partial charge in [0.2, 0.25) is 0 Å². The first-order valence-electron chi connectivity index (χ1n) is 10.4. The number of piperidine rings is 1. The van der Waals surface area contributed by atoms with Crippen molar-refractivity contribution in [2.45, 2.75) is 38.6 Å². The zero-order chi connectivity index (χ0) is 18.5. The molecule has 1 atom stereocenters. The van der Waals surface area contributed by atoms with Gasteiger partial charge in [-0.2, -0.15) is 0 Å². The highest BCUT2D eigenvalue weighted by molar-refractivity contribution is 5.74. The second-order valence-electron chi connectivity index (χ2n) is 8.59. The van der Waals surface area contributed by atoms with Crippen LogP contribution in [-0.2, 0) is 11.3 Å². The van der Waals surface area contributed by atoms with E-state index in [1.54, 1.807) is 12.4 Å². The molecule has 1 N–H and O–H groups in total. The number of hydrogen-bond acceptors (Lipinski definition) is 4. The summed E-state index contributed by atoms with van der Waals surface area (Å²) >= 11 is 0. The van der Waals surface area contributed by atoms with Crippen LogP contribution in [0, 0.1) is 11.3 Å². The molecule has 0 bridgehead atoms. The van der Waals surface area contributed by atoms with Crippen LogP contribution in [0.1, 0.15) is 37.7 Å². The minimum absolute atomic E-state index is 0.0669. The van der Waals surface area contributed by atoms with Crippen molar-refractivity contribution in [3.05, 3.63) is 30.1 Å². The summed E-state index contributed by atoms with van der Waals surface area (Å²) in [4.78, 5) is 21.4. The lowest BCUT2D eigenvalue weighted by Gasteiger charge is -2.42. The zero-order valence-corrected chi connectivity index (χ0v) is 16.2. The molecule has 0 unspecified atom stereocenters. The maximum Gasteiger partial charge on any atom is 0.317 e. The van der Waals surface area contributed by atoms with Gasteiger partial charge < -0.3 is 19.9 Å². The molecule has 3 fully saturated rings. The molecule has 2 amide bonds. The summed E-state index contributed by atoms with van der Waals surface area (Å²) in [5.74, 6) is 0.786. The molecule has 6 nitrogen and oxygen atoms in total. The van der Waals surface area contributed by atoms with Gasteiger partial charge in [0.15, 0.2) is 0 Å². The molecule has 6 heteroatoms. The molecule has 3 aliphatic heterocycles. The Balaban J connectivity index is 1.27. The smallest absolute Gasteiger partial charge is 0.317 e. The summed E-state index contributed by atoms with van der Waals surface area (Å²) < 4.78 is 5.50. The van der Waals surface area contributed by atoms with Gasteiger partial charge in [-0.3, -0.25) is 4.98 Å². The monoisotopic (exact) mass is 372 g/mol. The number of carbonyl (C=O) groups is 1. The predicted molar refractivity (Wildman–Crippen MR) is 104 cm³/mol. The van der Waals surface area contributed by atoms with E-state index in [2.05, 4.69) is 15.2 Å². The van der Waals surface area contributed by atoms with E-state index in [1.807, 2.05) is 17.0 Å². The third kappa shape index (κ3) is 4.79. The van der Waals surface area contributed by atoms with Gasteiger partial charge >= 0.3 is 6.03 Å². The summed E-state index contributed by atoms with van der Waals surface area (Å²) in [6, 6.07) is 3.97. The Labute approximate surface area is 162 Å². The first-order valence-corrected chi connectivity index (χ1v) is 10.4. The van der Waals surface area contributed by atoms with Crippen LogP contribution >= 0.6 is 0 Å². The fourth-order valence-electron chi connectivity index (χ4n) is 4.99. The molecule has 0 saturated carbocycles. The lowest BCUT2D eigenvalue weighted by atomic mass is 9.79. The predicted octanol–water partition coefficient (Wildman–Crippen LogP) is 2.51. The molecule has 1 aromatic rings. The van der Waals surface area contributed by atoms with Gasteiger partial charge in [-0.05, 0) is 56.2 Å². The van der Waals surface area contributed by atoms with E-state index < -0.39 is 0 Å². The third-order valence-corrected chi connectivity index (χ3v) is 6.49. The number of ether oxygens (including phenoxy) is 1. The van der Waals surface area contributed by atoms with E-state index in [9.17, 15) is 4.79 Å². The Morgan fingerprint density at radius 1 is 1.26 bits per heavy atom. The number of urea groups is 1. The average Bonchev–Trinajstić information content (AvgIpc) is 3.11. The second-order valence-corrected chi connectivity index (χ2v) is 8.59. The third-order valence-electron chi connectivity index (χ3n) is 6.49. The van der Waals surface area contributed by atoms with Crippen molar-refractivity contribution >= 4 is 6.03 Å². The molecule has 27 heavy (non-hydrogen) atoms. The quantitative estimate of drug-likeness (QED) is 0.882. The number of amides is 2. The fourth-order valence-corrected chi connectivity index (χ4v) is 4.99. The van der Waals surface area contributed by atoms with Gasteiger partial charge in [0.25, 0.3) is 0 Å². The van der Waals surface area contributed by atoms with E-state index in [0.717, 1.165) is 50.8 Å². The van der Waals surface area contributed by atoms with Crippen LogP contribution in [0.4, 0.5) is 4.79 Å². The normalized spacial score (nSPS) is 27.2. The first-order chi connectivity index (χ1) is 13.2. The second kappa shape index (κ2) is 8.57. The summed E-state index contributed by atoms with van der Waals surface area (Å²) in [5, 5.41) is 3.06. The van der Waals surface area contributed by atoms with Crippen molar-refractivity contribution in [1.82, 2.24) is 20.1 Å². The van der Waals surface area contributed by atoms with Crippen LogP contribution in [0.5, 0.6) is 0 Å². The van der Waals surface area contributed by atoms with Crippen LogP contribution in [-0.4, -0.2) is 66.8 Å². The molecular formula is C21H32N4O2. The van der Waals surface area contributed by atoms with E-state index in [1.165, 1.54) is 38.8 Å². The molecule has 3 saturated heterocycles. The Morgan fingerprint density at radius 3 is 2.96 bits per heavy atom. The number of nitrogens with one attached hydrogen (secondary N) is 1. The van der Waals surface area contributed by atoms with Crippen LogP contribution in [0.25, 0.3) is 0 Å². The zero-order valence-electron chi connectivity index (χ0n) is 16.2. The van der Waals surface area contributed by atoms with Crippen molar-refractivity contribution in [2.75, 3.05) is 45.9 Å². The van der Waals surface area contributed by atoms with Gasteiger partial charge in [-0.25, -0.2) is 4.79 Å². The van der Waals surface area contributed by atoms with Gasteiger partial charge in [0.05, 0.1) is 0 Å². The maximum atomic E-state index is 12.6. The highest BCUT2D eigenvalue weighted by atomic mass is 16.5. The SMILES string of the molecule is O=C(NCc1cccnc1)N1CC[C@]2(CCCN(CC3CCOCC3)C2)C1. The number of rotatable bonds is 4. The lowest BCUT2D eigenvalue weighted by Crippen LogP contribution is -2.48. The van der Waals surface area contributed by atoms with Crippen LogP contribution in [0.15, 0.2) is 24.5 Å². The largest absolute Gasteiger partial charge is 0.381 e. The average molecular weight is 373 g/mol. The van der Waals surface area contributed by atoms with Crippen molar-refractivity contribution in [2.24, 2.45) is 11.3 Å². The van der Waals surface area contributed by atoms with Gasteiger partial charge in [-0.15, -0.1) is 0 Å². The Kier molecular flexibility index (Phi) is 5.93. The minimum atomic E-state index is 0.0669. The number of hydrogen-bond donors (Lipinski definition) is 1. The van der Waals surface area contributed by atoms with Crippen molar-refractivity contribution in [3.8, 4) is 0 Å². The number of carbonyl (C=O) groups excluding carboxylic acids is 1. The molecule has 1 aromatic heterocycles. The Morgan fingerprint density at radius 2 is 2.15 bits per heavy atom. The highest BCUT2D eigenvalue weighted by Gasteiger charge is 2.43. The number of nitrogens with zero attached hydrogens (tertiary/aromatic N) is 3. The topological polar surface area (TPSA) is 57.7 Å². The van der Waals surface area contributed by atoms with Crippen molar-refractivity contribution < 1.29 is 9.53 Å². The first kappa shape index (κ1) is 18.7. The standard InChI is InChI=1S/C21H32N4O2/c26-20(23-14-19-3-1-8-22-13-19)25-10-7-21(17-25)6-2-9-24(16-21)15-18-4-11-27-12-5-18/h1,3,8,13,18H,2,4-7,9-12,14-17H2,(H,23,26)/t21-/m0/s1. The maximum absolute atomic E-state index is 12.6. The lowest BCUT2D eigenvalue weighted by molar-refractivity contribution is 0.0320. The van der Waals surface area contributed by atoms with Gasteiger partial charge in [-0.1, -0.05) is 6.07 Å². The van der Waals surface area contributed by atoms with E-state index in [-0.39, 0.29) is 6.03 Å². The van der Waals surface area contributed by atoms with Gasteiger partial charge in [0.1, 0.15) is 0 Å². The summed E-state index contributed by atoms with van der Waals surface area (Å²) in [7, 11) is 0. The molecule has 1 spiro atoms. The van der Waals surface area contributed by atoms with E-state index in [0.29, 0.717) is 12.0 Å². The molecule has 0 radical (unpaired) electrons. The Hall–Kier alpha value is -1.66. The number of pyridine rings is 1. The molecule has 0 aromatic carbocycles. The van der Waals surface area contributed by atoms with E-state index in [4.69, 9.17) is 4.74 Å². The van der Waals surface area contributed by atoms with Crippen molar-refractivity contribution in [1.29, 1.82) is 0 Å². The summed E-state index contributed by atoms with van der Waals surface area (Å²) in [5.41, 5.74) is 1.34. The van der Waals surface area contributed by atoms with E-state index >= 15 is 0 Å². The fraction of sp³-hybridized carbons (Fsp3) is 0.714. The van der Waals surface area contributed by atoms with Crippen LogP contribution in [0.2, 0.25) is 0 Å². The number of aromatic nitrogens is 1. The molecular weight excluding hydrogens is 340 g/mol. The summed E-state index contributed by atoms with van der Waals surface area (Å²) in [6.07, 6.45) is 9.61. The highest BCUT2D eigenvalue weighted by Crippen LogP contribution is 2.39. The van der Waals surface area contributed by atoms with Crippen LogP contribution < -0.4 is 5.32 Å². The van der Waals surface area contributed by atoms with Crippen molar-refractivity contribution in [3.63, 3.8) is 0 Å². The molecule has 0 aliphatic carbocycles. The van der Waals surface area contributed by atoms with Gasteiger partial charge in [0, 0.05) is 63.7 Å². The minimum Gasteiger partial charge on any atom is -0.381 e. The molecule has 148 valence electrons. The Bertz CT molecular complexity index is 620. The van der Waals surface area contributed by atoms with Crippen LogP contribution in [0.3, 0.4) is 0 Å². The summed E-state index contributed by atoms with van der Waals surface area (Å²) in [6.45, 7) is 7.75. The molecule has 4 heterocycles.